The van der Waals surface area contributed by atoms with Gasteiger partial charge in [0.15, 0.2) is 11.0 Å². The molecule has 0 atom stereocenters. The molecule has 0 N–H and O–H groups in total. The minimum Gasteiger partial charge on any atom is -0.467 e. The molecule has 1 aliphatic rings. The summed E-state index contributed by atoms with van der Waals surface area (Å²) in [5.41, 5.74) is 0.679. The molecule has 10 heteroatoms. The van der Waals surface area contributed by atoms with Gasteiger partial charge in [-0.25, -0.2) is 4.39 Å². The van der Waals surface area contributed by atoms with Gasteiger partial charge in [0.1, 0.15) is 11.6 Å². The smallest absolute Gasteiger partial charge is 0.257 e. The SMILES string of the molecule is Fc1ccc(-c2nc(CSc3nnc(N4CCCCC4)n3Cc3ccco3)no2)cc1. The van der Waals surface area contributed by atoms with Crippen LogP contribution in [0, 0.1) is 5.82 Å². The molecule has 3 aromatic heterocycles. The summed E-state index contributed by atoms with van der Waals surface area (Å²) in [5.74, 6) is 2.77. The number of anilines is 1. The molecule has 0 unspecified atom stereocenters. The maximum absolute atomic E-state index is 13.1. The van der Waals surface area contributed by atoms with E-state index in [4.69, 9.17) is 8.94 Å². The first-order chi connectivity index (χ1) is 15.3. The molecule has 0 saturated carbocycles. The zero-order valence-corrected chi connectivity index (χ0v) is 17.6. The Morgan fingerprint density at radius 3 is 2.65 bits per heavy atom. The number of hydrogen-bond donors (Lipinski definition) is 0. The predicted octanol–water partition coefficient (Wildman–Crippen LogP) is 4.39. The van der Waals surface area contributed by atoms with E-state index in [2.05, 4.69) is 29.8 Å². The third-order valence-corrected chi connectivity index (χ3v) is 6.08. The van der Waals surface area contributed by atoms with Crippen LogP contribution in [0.2, 0.25) is 0 Å². The maximum atomic E-state index is 13.1. The lowest BCUT2D eigenvalue weighted by Crippen LogP contribution is -2.32. The van der Waals surface area contributed by atoms with Crippen LogP contribution in [0.4, 0.5) is 10.3 Å². The van der Waals surface area contributed by atoms with Gasteiger partial charge >= 0.3 is 0 Å². The summed E-state index contributed by atoms with van der Waals surface area (Å²) in [4.78, 5) is 6.70. The lowest BCUT2D eigenvalue weighted by Gasteiger charge is -2.27. The minimum atomic E-state index is -0.306. The number of benzene rings is 1. The van der Waals surface area contributed by atoms with Gasteiger partial charge in [-0.05, 0) is 55.7 Å². The summed E-state index contributed by atoms with van der Waals surface area (Å²) < 4.78 is 26.1. The molecule has 0 amide bonds. The summed E-state index contributed by atoms with van der Waals surface area (Å²) in [6.45, 7) is 2.51. The molecule has 4 aromatic rings. The Balaban J connectivity index is 1.34. The van der Waals surface area contributed by atoms with Crippen LogP contribution >= 0.6 is 11.8 Å². The van der Waals surface area contributed by atoms with Crippen LogP contribution in [0.5, 0.6) is 0 Å². The highest BCUT2D eigenvalue weighted by Crippen LogP contribution is 2.28. The Morgan fingerprint density at radius 2 is 1.87 bits per heavy atom. The fourth-order valence-corrected chi connectivity index (χ4v) is 4.34. The van der Waals surface area contributed by atoms with Crippen molar-refractivity contribution >= 4 is 17.7 Å². The minimum absolute atomic E-state index is 0.306. The van der Waals surface area contributed by atoms with E-state index in [1.165, 1.54) is 30.3 Å². The van der Waals surface area contributed by atoms with Crippen molar-refractivity contribution in [2.75, 3.05) is 18.0 Å². The van der Waals surface area contributed by atoms with E-state index in [0.29, 0.717) is 29.6 Å². The predicted molar refractivity (Wildman–Crippen MR) is 113 cm³/mol. The van der Waals surface area contributed by atoms with E-state index in [0.717, 1.165) is 42.8 Å². The van der Waals surface area contributed by atoms with Gasteiger partial charge in [0.2, 0.25) is 5.95 Å². The van der Waals surface area contributed by atoms with Crippen LogP contribution in [0.25, 0.3) is 11.5 Å². The van der Waals surface area contributed by atoms with Crippen molar-refractivity contribution < 1.29 is 13.3 Å². The van der Waals surface area contributed by atoms with Crippen LogP contribution in [-0.4, -0.2) is 38.0 Å². The molecule has 0 radical (unpaired) electrons. The number of halogens is 1. The van der Waals surface area contributed by atoms with Gasteiger partial charge in [-0.1, -0.05) is 16.9 Å². The van der Waals surface area contributed by atoms with Gasteiger partial charge in [0.25, 0.3) is 5.89 Å². The molecule has 0 bridgehead atoms. The normalized spacial score (nSPS) is 14.3. The highest BCUT2D eigenvalue weighted by Gasteiger charge is 2.22. The molecule has 1 saturated heterocycles. The highest BCUT2D eigenvalue weighted by atomic mass is 32.2. The van der Waals surface area contributed by atoms with E-state index in [-0.39, 0.29) is 5.82 Å². The number of thioether (sulfide) groups is 1. The first-order valence-corrected chi connectivity index (χ1v) is 11.2. The summed E-state index contributed by atoms with van der Waals surface area (Å²) in [5, 5.41) is 13.7. The van der Waals surface area contributed by atoms with Gasteiger partial charge in [0.05, 0.1) is 18.6 Å². The average Bonchev–Trinajstić information content (AvgIpc) is 3.56. The zero-order chi connectivity index (χ0) is 21.0. The molecular formula is C21H21FN6O2S. The van der Waals surface area contributed by atoms with Crippen molar-refractivity contribution in [1.82, 2.24) is 24.9 Å². The van der Waals surface area contributed by atoms with Gasteiger partial charge in [-0.3, -0.25) is 4.57 Å². The van der Waals surface area contributed by atoms with Crippen LogP contribution in [-0.2, 0) is 12.3 Å². The Labute approximate surface area is 182 Å². The van der Waals surface area contributed by atoms with Crippen molar-refractivity contribution in [1.29, 1.82) is 0 Å². The molecule has 5 rings (SSSR count). The van der Waals surface area contributed by atoms with Gasteiger partial charge in [-0.2, -0.15) is 4.98 Å². The van der Waals surface area contributed by atoms with E-state index >= 15 is 0 Å². The van der Waals surface area contributed by atoms with Gasteiger partial charge < -0.3 is 13.8 Å². The number of furan rings is 1. The second-order valence-electron chi connectivity index (χ2n) is 7.31. The molecule has 1 aromatic carbocycles. The molecule has 1 fully saturated rings. The highest BCUT2D eigenvalue weighted by molar-refractivity contribution is 7.98. The number of nitrogens with zero attached hydrogens (tertiary/aromatic N) is 6. The molecule has 31 heavy (non-hydrogen) atoms. The molecule has 0 aliphatic carbocycles. The largest absolute Gasteiger partial charge is 0.467 e. The second kappa shape index (κ2) is 8.93. The Hall–Kier alpha value is -3.14. The second-order valence-corrected chi connectivity index (χ2v) is 8.25. The molecule has 4 heterocycles. The molecule has 8 nitrogen and oxygen atoms in total. The summed E-state index contributed by atoms with van der Waals surface area (Å²) >= 11 is 1.49. The van der Waals surface area contributed by atoms with Gasteiger partial charge in [-0.15, -0.1) is 10.2 Å². The molecule has 160 valence electrons. The molecule has 1 aliphatic heterocycles. The van der Waals surface area contributed by atoms with E-state index in [9.17, 15) is 4.39 Å². The van der Waals surface area contributed by atoms with Crippen LogP contribution in [0.3, 0.4) is 0 Å². The topological polar surface area (TPSA) is 86.0 Å². The fourth-order valence-electron chi connectivity index (χ4n) is 3.56. The molecular weight excluding hydrogens is 419 g/mol. The van der Waals surface area contributed by atoms with Crippen LogP contribution in [0.1, 0.15) is 30.8 Å². The van der Waals surface area contributed by atoms with Crippen molar-refractivity contribution in [2.24, 2.45) is 0 Å². The first kappa shape index (κ1) is 19.8. The van der Waals surface area contributed by atoms with E-state index in [1.54, 1.807) is 18.4 Å². The summed E-state index contributed by atoms with van der Waals surface area (Å²) in [6.07, 6.45) is 5.23. The summed E-state index contributed by atoms with van der Waals surface area (Å²) in [6, 6.07) is 9.79. The quantitative estimate of drug-likeness (QED) is 0.391. The van der Waals surface area contributed by atoms with Crippen LogP contribution < -0.4 is 4.90 Å². The van der Waals surface area contributed by atoms with Crippen molar-refractivity contribution in [3.8, 4) is 11.5 Å². The number of rotatable bonds is 7. The van der Waals surface area contributed by atoms with E-state index < -0.39 is 0 Å². The average molecular weight is 441 g/mol. The first-order valence-electron chi connectivity index (χ1n) is 10.2. The zero-order valence-electron chi connectivity index (χ0n) is 16.8. The van der Waals surface area contributed by atoms with Crippen molar-refractivity contribution in [3.63, 3.8) is 0 Å². The monoisotopic (exact) mass is 440 g/mol. The third-order valence-electron chi connectivity index (χ3n) is 5.12. The van der Waals surface area contributed by atoms with Crippen LogP contribution in [0.15, 0.2) is 56.8 Å². The van der Waals surface area contributed by atoms with Gasteiger partial charge in [0, 0.05) is 18.7 Å². The molecule has 0 spiro atoms. The fraction of sp³-hybridized carbons (Fsp3) is 0.333. The lowest BCUT2D eigenvalue weighted by molar-refractivity contribution is 0.425. The Bertz CT molecular complexity index is 1120. The number of piperidine rings is 1. The van der Waals surface area contributed by atoms with Crippen molar-refractivity contribution in [2.45, 2.75) is 36.7 Å². The van der Waals surface area contributed by atoms with Crippen molar-refractivity contribution in [3.05, 3.63) is 60.1 Å². The number of hydrogen-bond acceptors (Lipinski definition) is 8. The Morgan fingerprint density at radius 1 is 1.03 bits per heavy atom. The van der Waals surface area contributed by atoms with E-state index in [1.807, 2.05) is 12.1 Å². The standard InChI is InChI=1S/C21H21FN6O2S/c22-16-8-6-15(7-9-16)19-23-18(26-30-19)14-31-21-25-24-20(27-10-2-1-3-11-27)28(21)13-17-5-4-12-29-17/h4-9,12H,1-3,10-11,13-14H2. The lowest BCUT2D eigenvalue weighted by atomic mass is 10.1. The Kier molecular flexibility index (Phi) is 5.70. The maximum Gasteiger partial charge on any atom is 0.257 e. The third kappa shape index (κ3) is 4.48. The number of aromatic nitrogens is 5. The summed E-state index contributed by atoms with van der Waals surface area (Å²) in [7, 11) is 0.